The second-order valence-corrected chi connectivity index (χ2v) is 8.85. The quantitative estimate of drug-likeness (QED) is 0.330. The zero-order chi connectivity index (χ0) is 24.6. The molecule has 2 aromatic heterocycles. The molecular weight excluding hydrogens is 452 g/mol. The maximum absolute atomic E-state index is 13.7. The summed E-state index contributed by atoms with van der Waals surface area (Å²) >= 11 is 0. The number of para-hydroxylation sites is 1. The molecule has 1 amide bonds. The number of carbonyl (C=O) groups is 1. The van der Waals surface area contributed by atoms with Crippen molar-refractivity contribution in [2.75, 3.05) is 20.8 Å². The molecule has 1 aliphatic rings. The number of nitrogens with zero attached hydrogens (tertiary/aromatic N) is 2. The number of benzene rings is 3. The summed E-state index contributed by atoms with van der Waals surface area (Å²) < 4.78 is 11.2. The van der Waals surface area contributed by atoms with Crippen molar-refractivity contribution in [1.29, 1.82) is 0 Å². The molecule has 0 saturated heterocycles. The van der Waals surface area contributed by atoms with Crippen LogP contribution in [0.3, 0.4) is 0 Å². The van der Waals surface area contributed by atoms with Crippen LogP contribution in [0.2, 0.25) is 0 Å². The molecule has 7 heteroatoms. The number of carbonyl (C=O) groups excluding carboxylic acids is 1. The van der Waals surface area contributed by atoms with Gasteiger partial charge in [0, 0.05) is 40.3 Å². The summed E-state index contributed by atoms with van der Waals surface area (Å²) in [4.78, 5) is 19.0. The van der Waals surface area contributed by atoms with Crippen LogP contribution in [0, 0.1) is 0 Å². The number of H-pyrrole nitrogens is 2. The Kier molecular flexibility index (Phi) is 5.45. The van der Waals surface area contributed by atoms with Crippen molar-refractivity contribution in [1.82, 2.24) is 20.1 Å². The number of aromatic nitrogens is 3. The van der Waals surface area contributed by atoms with E-state index in [1.54, 1.807) is 14.2 Å². The van der Waals surface area contributed by atoms with E-state index in [2.05, 4.69) is 15.2 Å². The van der Waals surface area contributed by atoms with Crippen molar-refractivity contribution in [3.05, 3.63) is 101 Å². The van der Waals surface area contributed by atoms with Crippen LogP contribution in [0.4, 0.5) is 0 Å². The maximum Gasteiger partial charge on any atom is 0.273 e. The lowest BCUT2D eigenvalue weighted by atomic mass is 9.95. The van der Waals surface area contributed by atoms with Gasteiger partial charge >= 0.3 is 0 Å². The first-order chi connectivity index (χ1) is 17.7. The minimum atomic E-state index is -0.322. The van der Waals surface area contributed by atoms with Gasteiger partial charge in [0.05, 0.1) is 26.0 Å². The minimum absolute atomic E-state index is 0.0620. The summed E-state index contributed by atoms with van der Waals surface area (Å²) in [5, 5.41) is 8.69. The molecule has 0 fully saturated rings. The monoisotopic (exact) mass is 478 g/mol. The van der Waals surface area contributed by atoms with Crippen LogP contribution in [0.5, 0.6) is 11.5 Å². The van der Waals surface area contributed by atoms with E-state index in [0.717, 1.165) is 50.3 Å². The van der Waals surface area contributed by atoms with Crippen molar-refractivity contribution in [3.8, 4) is 22.8 Å². The summed E-state index contributed by atoms with van der Waals surface area (Å²) in [7, 11) is 3.33. The van der Waals surface area contributed by atoms with Gasteiger partial charge in [-0.2, -0.15) is 5.10 Å². The highest BCUT2D eigenvalue weighted by atomic mass is 16.5. The number of methoxy groups -OCH3 is 2. The Balaban J connectivity index is 1.42. The molecule has 3 heterocycles. The number of fused-ring (bicyclic) bond motifs is 2. The van der Waals surface area contributed by atoms with Gasteiger partial charge < -0.3 is 19.4 Å². The van der Waals surface area contributed by atoms with Crippen molar-refractivity contribution in [2.45, 2.75) is 12.5 Å². The molecule has 0 bridgehead atoms. The van der Waals surface area contributed by atoms with E-state index in [0.29, 0.717) is 18.7 Å². The number of amides is 1. The third-order valence-electron chi connectivity index (χ3n) is 6.94. The lowest BCUT2D eigenvalue weighted by Crippen LogP contribution is -2.31. The highest BCUT2D eigenvalue weighted by Crippen LogP contribution is 2.45. The second-order valence-electron chi connectivity index (χ2n) is 8.85. The number of rotatable bonds is 7. The van der Waals surface area contributed by atoms with Gasteiger partial charge in [0.15, 0.2) is 0 Å². The summed E-state index contributed by atoms with van der Waals surface area (Å²) in [6.07, 6.45) is 2.70. The molecule has 5 aromatic rings. The Morgan fingerprint density at radius 1 is 0.972 bits per heavy atom. The van der Waals surface area contributed by atoms with Crippen LogP contribution in [0.15, 0.2) is 79.0 Å². The van der Waals surface area contributed by atoms with Gasteiger partial charge in [0.25, 0.3) is 5.91 Å². The van der Waals surface area contributed by atoms with Crippen LogP contribution in [0.25, 0.3) is 22.2 Å². The first-order valence-electron chi connectivity index (χ1n) is 11.9. The average Bonchev–Trinajstić information content (AvgIpc) is 3.61. The SMILES string of the molecule is COc1ccc2[nH]cc(CCN3C(=O)c4[nH]nc(-c5ccccc5)c4[C@@H]3c3ccccc3OC)c2c1. The van der Waals surface area contributed by atoms with E-state index < -0.39 is 0 Å². The number of ether oxygens (including phenoxy) is 2. The molecule has 7 nitrogen and oxygen atoms in total. The predicted molar refractivity (Wildman–Crippen MR) is 138 cm³/mol. The van der Waals surface area contributed by atoms with Crippen LogP contribution < -0.4 is 9.47 Å². The van der Waals surface area contributed by atoms with E-state index in [1.807, 2.05) is 83.9 Å². The van der Waals surface area contributed by atoms with Crippen LogP contribution in [-0.4, -0.2) is 46.8 Å². The Hall–Kier alpha value is -4.52. The highest BCUT2D eigenvalue weighted by Gasteiger charge is 2.43. The number of hydrogen-bond donors (Lipinski definition) is 2. The molecular formula is C29H26N4O3. The zero-order valence-corrected chi connectivity index (χ0v) is 20.1. The summed E-state index contributed by atoms with van der Waals surface area (Å²) in [5.74, 6) is 1.49. The molecule has 180 valence electrons. The van der Waals surface area contributed by atoms with E-state index in [9.17, 15) is 4.79 Å². The molecule has 0 unspecified atom stereocenters. The third kappa shape index (κ3) is 3.51. The molecule has 0 aliphatic carbocycles. The lowest BCUT2D eigenvalue weighted by molar-refractivity contribution is 0.0744. The molecule has 3 aromatic carbocycles. The van der Waals surface area contributed by atoms with Crippen molar-refractivity contribution in [3.63, 3.8) is 0 Å². The standard InChI is InChI=1S/C29H26N4O3/c1-35-20-12-13-23-22(16-20)19(17-30-23)14-15-33-28(21-10-6-7-11-24(21)36-2)25-26(18-8-4-3-5-9-18)31-32-27(25)29(33)34/h3-13,16-17,28,30H,14-15H2,1-2H3,(H,31,32)/t28-/m0/s1. The van der Waals surface area contributed by atoms with Gasteiger partial charge in [-0.15, -0.1) is 0 Å². The minimum Gasteiger partial charge on any atom is -0.497 e. The van der Waals surface area contributed by atoms with Crippen LogP contribution in [-0.2, 0) is 6.42 Å². The van der Waals surface area contributed by atoms with Gasteiger partial charge in [-0.1, -0.05) is 48.5 Å². The maximum atomic E-state index is 13.7. The fourth-order valence-electron chi connectivity index (χ4n) is 5.19. The largest absolute Gasteiger partial charge is 0.497 e. The molecule has 0 spiro atoms. The molecule has 0 radical (unpaired) electrons. The molecule has 36 heavy (non-hydrogen) atoms. The van der Waals surface area contributed by atoms with Gasteiger partial charge in [-0.05, 0) is 36.2 Å². The fourth-order valence-corrected chi connectivity index (χ4v) is 5.19. The average molecular weight is 479 g/mol. The van der Waals surface area contributed by atoms with Gasteiger partial charge in [-0.3, -0.25) is 9.89 Å². The van der Waals surface area contributed by atoms with E-state index >= 15 is 0 Å². The van der Waals surface area contributed by atoms with Crippen LogP contribution in [0.1, 0.15) is 33.2 Å². The number of aromatic amines is 2. The normalized spacial score (nSPS) is 14.9. The lowest BCUT2D eigenvalue weighted by Gasteiger charge is -2.27. The summed E-state index contributed by atoms with van der Waals surface area (Å²) in [6.45, 7) is 0.530. The molecule has 0 saturated carbocycles. The fraction of sp³-hybridized carbons (Fsp3) is 0.172. The molecule has 2 N–H and O–H groups in total. The highest BCUT2D eigenvalue weighted by molar-refractivity contribution is 6.00. The van der Waals surface area contributed by atoms with E-state index in [-0.39, 0.29) is 11.9 Å². The first kappa shape index (κ1) is 22.0. The summed E-state index contributed by atoms with van der Waals surface area (Å²) in [6, 6.07) is 23.5. The zero-order valence-electron chi connectivity index (χ0n) is 20.1. The predicted octanol–water partition coefficient (Wildman–Crippen LogP) is 5.36. The smallest absolute Gasteiger partial charge is 0.273 e. The third-order valence-corrected chi connectivity index (χ3v) is 6.94. The van der Waals surface area contributed by atoms with E-state index in [4.69, 9.17) is 9.47 Å². The van der Waals surface area contributed by atoms with Crippen molar-refractivity contribution < 1.29 is 14.3 Å². The first-order valence-corrected chi connectivity index (χ1v) is 11.9. The Morgan fingerprint density at radius 3 is 2.58 bits per heavy atom. The molecule has 1 atom stereocenters. The Morgan fingerprint density at radius 2 is 1.78 bits per heavy atom. The number of hydrogen-bond acceptors (Lipinski definition) is 4. The van der Waals surface area contributed by atoms with Gasteiger partial charge in [-0.25, -0.2) is 0 Å². The Bertz CT molecular complexity index is 1550. The van der Waals surface area contributed by atoms with Crippen LogP contribution >= 0.6 is 0 Å². The van der Waals surface area contributed by atoms with E-state index in [1.165, 1.54) is 0 Å². The van der Waals surface area contributed by atoms with Crippen molar-refractivity contribution >= 4 is 16.8 Å². The molecule has 1 aliphatic heterocycles. The summed E-state index contributed by atoms with van der Waals surface area (Å²) in [5.41, 5.74) is 6.28. The van der Waals surface area contributed by atoms with Crippen molar-refractivity contribution in [2.24, 2.45) is 0 Å². The van der Waals surface area contributed by atoms with Gasteiger partial charge in [0.1, 0.15) is 17.2 Å². The topological polar surface area (TPSA) is 83.2 Å². The second kappa shape index (κ2) is 8.92. The number of nitrogens with one attached hydrogen (secondary N) is 2. The van der Waals surface area contributed by atoms with Gasteiger partial charge in [0.2, 0.25) is 0 Å². The molecule has 6 rings (SSSR count). The Labute approximate surface area is 208 Å².